The Balaban J connectivity index is 0.000000177. The van der Waals surface area contributed by atoms with Gasteiger partial charge in [-0.15, -0.1) is 0 Å². The Morgan fingerprint density at radius 1 is 1.12 bits per heavy atom. The molecule has 4 atom stereocenters. The van der Waals surface area contributed by atoms with Gasteiger partial charge in [0.2, 0.25) is 0 Å². The zero-order chi connectivity index (χ0) is 17.9. The molecule has 2 aliphatic heterocycles. The Hall–Kier alpha value is -1.28. The van der Waals surface area contributed by atoms with Crippen molar-refractivity contribution in [2.45, 2.75) is 56.5 Å². The number of fused-ring (bicyclic) bond motifs is 1. The number of nitrogens with zero attached hydrogens (tertiary/aromatic N) is 1. The van der Waals surface area contributed by atoms with Gasteiger partial charge in [0.05, 0.1) is 6.54 Å². The van der Waals surface area contributed by atoms with Crippen LogP contribution in [0.15, 0.2) is 0 Å². The molecule has 0 bridgehead atoms. The molecule has 4 unspecified atom stereocenters. The molecule has 8 heteroatoms. The number of alkyl halides is 2. The molecule has 2 saturated heterocycles. The Bertz CT molecular complexity index is 475. The van der Waals surface area contributed by atoms with Crippen molar-refractivity contribution < 1.29 is 28.6 Å². The number of hydrogen-bond acceptors (Lipinski definition) is 4. The summed E-state index contributed by atoms with van der Waals surface area (Å²) in [4.78, 5) is 22.2. The number of aliphatic carboxylic acids is 2. The normalized spacial score (nSPS) is 35.5. The minimum Gasteiger partial charge on any atom is -0.480 e. The third kappa shape index (κ3) is 4.86. The zero-order valence-corrected chi connectivity index (χ0v) is 13.9. The van der Waals surface area contributed by atoms with Gasteiger partial charge < -0.3 is 15.5 Å². The van der Waals surface area contributed by atoms with Gasteiger partial charge in [0.1, 0.15) is 12.1 Å². The maximum Gasteiger partial charge on any atom is 0.321 e. The summed E-state index contributed by atoms with van der Waals surface area (Å²) in [6.07, 6.45) is 5.45. The number of likely N-dealkylation sites (tertiary alicyclic amines) is 1. The molecule has 1 saturated carbocycles. The minimum absolute atomic E-state index is 0.278. The molecule has 0 radical (unpaired) electrons. The van der Waals surface area contributed by atoms with Crippen molar-refractivity contribution in [3.8, 4) is 0 Å². The van der Waals surface area contributed by atoms with E-state index in [2.05, 4.69) is 5.32 Å². The summed E-state index contributed by atoms with van der Waals surface area (Å²) in [6.45, 7) is 0.464. The Morgan fingerprint density at radius 2 is 1.75 bits per heavy atom. The van der Waals surface area contributed by atoms with E-state index in [1.54, 1.807) is 0 Å². The van der Waals surface area contributed by atoms with Gasteiger partial charge in [-0.2, -0.15) is 0 Å². The van der Waals surface area contributed by atoms with Crippen LogP contribution in [-0.4, -0.2) is 65.2 Å². The molecule has 3 fully saturated rings. The van der Waals surface area contributed by atoms with Crippen molar-refractivity contribution in [1.82, 2.24) is 10.2 Å². The van der Waals surface area contributed by atoms with E-state index in [-0.39, 0.29) is 6.04 Å². The molecule has 24 heavy (non-hydrogen) atoms. The highest BCUT2D eigenvalue weighted by atomic mass is 19.3. The highest BCUT2D eigenvalue weighted by Gasteiger charge is 2.46. The van der Waals surface area contributed by atoms with E-state index in [9.17, 15) is 18.4 Å². The first-order chi connectivity index (χ1) is 11.2. The lowest BCUT2D eigenvalue weighted by Crippen LogP contribution is -2.48. The third-order valence-corrected chi connectivity index (χ3v) is 5.32. The highest BCUT2D eigenvalue weighted by molar-refractivity contribution is 5.74. The van der Waals surface area contributed by atoms with Crippen LogP contribution in [0.25, 0.3) is 0 Å². The second kappa shape index (κ2) is 7.74. The monoisotopic (exact) mass is 348 g/mol. The fourth-order valence-electron chi connectivity index (χ4n) is 3.99. The molecule has 3 N–H and O–H groups in total. The van der Waals surface area contributed by atoms with Crippen molar-refractivity contribution >= 4 is 11.9 Å². The van der Waals surface area contributed by atoms with Crippen LogP contribution in [-0.2, 0) is 9.59 Å². The van der Waals surface area contributed by atoms with Crippen molar-refractivity contribution in [3.05, 3.63) is 0 Å². The molecule has 3 rings (SSSR count). The number of nitrogens with one attached hydrogen (secondary N) is 1. The van der Waals surface area contributed by atoms with Crippen LogP contribution in [0, 0.1) is 11.8 Å². The molecule has 2 heterocycles. The summed E-state index contributed by atoms with van der Waals surface area (Å²) < 4.78 is 25.0. The van der Waals surface area contributed by atoms with E-state index in [1.807, 2.05) is 0 Å². The van der Waals surface area contributed by atoms with Gasteiger partial charge in [-0.05, 0) is 38.3 Å². The van der Waals surface area contributed by atoms with Gasteiger partial charge in [0.25, 0.3) is 5.92 Å². The SMILES string of the molecule is CN1CC(F)(F)CC1C(=O)O.O=C(O)C1CC2CCCCC2CN1. The number of piperidine rings is 1. The molecule has 0 aromatic carbocycles. The molecule has 1 aliphatic carbocycles. The summed E-state index contributed by atoms with van der Waals surface area (Å²) in [7, 11) is 1.39. The maximum absolute atomic E-state index is 12.5. The van der Waals surface area contributed by atoms with Crippen molar-refractivity contribution in [1.29, 1.82) is 0 Å². The van der Waals surface area contributed by atoms with Crippen LogP contribution in [0.1, 0.15) is 38.5 Å². The van der Waals surface area contributed by atoms with Gasteiger partial charge in [-0.3, -0.25) is 14.5 Å². The fraction of sp³-hybridized carbons (Fsp3) is 0.875. The number of carboxylic acids is 2. The van der Waals surface area contributed by atoms with Crippen LogP contribution in [0.4, 0.5) is 8.78 Å². The largest absolute Gasteiger partial charge is 0.480 e. The fourth-order valence-corrected chi connectivity index (χ4v) is 3.99. The van der Waals surface area contributed by atoms with Gasteiger partial charge in [-0.1, -0.05) is 19.3 Å². The van der Waals surface area contributed by atoms with Crippen LogP contribution in [0.2, 0.25) is 0 Å². The molecule has 0 amide bonds. The molecule has 0 aromatic rings. The number of rotatable bonds is 2. The average Bonchev–Trinajstić information content (AvgIpc) is 2.80. The number of carbonyl (C=O) groups is 2. The van der Waals surface area contributed by atoms with E-state index in [0.717, 1.165) is 23.8 Å². The van der Waals surface area contributed by atoms with Gasteiger partial charge in [0.15, 0.2) is 0 Å². The van der Waals surface area contributed by atoms with Crippen molar-refractivity contribution in [2.75, 3.05) is 20.1 Å². The number of likely N-dealkylation sites (N-methyl/N-ethyl adjacent to an activating group) is 1. The summed E-state index contributed by atoms with van der Waals surface area (Å²) in [5, 5.41) is 20.4. The van der Waals surface area contributed by atoms with Crippen molar-refractivity contribution in [3.63, 3.8) is 0 Å². The van der Waals surface area contributed by atoms with Gasteiger partial charge in [0, 0.05) is 6.42 Å². The maximum atomic E-state index is 12.5. The van der Waals surface area contributed by atoms with E-state index in [1.165, 1.54) is 32.7 Å². The molecule has 0 aromatic heterocycles. The first kappa shape index (κ1) is 19.1. The van der Waals surface area contributed by atoms with E-state index >= 15 is 0 Å². The smallest absolute Gasteiger partial charge is 0.321 e. The summed E-state index contributed by atoms with van der Waals surface area (Å²) in [6, 6.07) is -1.30. The second-order valence-corrected chi connectivity index (χ2v) is 7.17. The Kier molecular flexibility index (Phi) is 6.14. The first-order valence-corrected chi connectivity index (χ1v) is 8.46. The van der Waals surface area contributed by atoms with Crippen LogP contribution in [0.3, 0.4) is 0 Å². The third-order valence-electron chi connectivity index (χ3n) is 5.32. The zero-order valence-electron chi connectivity index (χ0n) is 13.9. The quantitative estimate of drug-likeness (QED) is 0.703. The number of hydrogen-bond donors (Lipinski definition) is 3. The lowest BCUT2D eigenvalue weighted by atomic mass is 9.74. The predicted molar refractivity (Wildman–Crippen MR) is 83.1 cm³/mol. The standard InChI is InChI=1S/C10H17NO2.C6H9F2NO2/c12-10(13)9-5-7-3-1-2-4-8(7)6-11-9;1-9-3-6(7,8)2-4(9)5(10)11/h7-9,11H,1-6H2,(H,12,13);4H,2-3H2,1H3,(H,10,11). The average molecular weight is 348 g/mol. The summed E-state index contributed by atoms with van der Waals surface area (Å²) >= 11 is 0. The van der Waals surface area contributed by atoms with E-state index in [4.69, 9.17) is 10.2 Å². The Labute approximate surface area is 140 Å². The first-order valence-electron chi connectivity index (χ1n) is 8.46. The second-order valence-electron chi connectivity index (χ2n) is 7.17. The highest BCUT2D eigenvalue weighted by Crippen LogP contribution is 2.35. The topological polar surface area (TPSA) is 89.9 Å². The molecular weight excluding hydrogens is 322 g/mol. The molecule has 0 spiro atoms. The van der Waals surface area contributed by atoms with Crippen molar-refractivity contribution in [2.24, 2.45) is 11.8 Å². The summed E-state index contributed by atoms with van der Waals surface area (Å²) in [5.74, 6) is -3.26. The van der Waals surface area contributed by atoms with Gasteiger partial charge >= 0.3 is 11.9 Å². The van der Waals surface area contributed by atoms with E-state index in [0.29, 0.717) is 5.92 Å². The van der Waals surface area contributed by atoms with E-state index < -0.39 is 36.9 Å². The predicted octanol–water partition coefficient (Wildman–Crippen LogP) is 1.65. The number of halogens is 2. The Morgan fingerprint density at radius 3 is 2.21 bits per heavy atom. The minimum atomic E-state index is -2.84. The lowest BCUT2D eigenvalue weighted by Gasteiger charge is -2.38. The van der Waals surface area contributed by atoms with Gasteiger partial charge in [-0.25, -0.2) is 8.78 Å². The molecule has 138 valence electrons. The molecule has 3 aliphatic rings. The van der Waals surface area contributed by atoms with Crippen LogP contribution < -0.4 is 5.32 Å². The van der Waals surface area contributed by atoms with Crippen LogP contribution >= 0.6 is 0 Å². The lowest BCUT2D eigenvalue weighted by molar-refractivity contribution is -0.142. The summed E-state index contributed by atoms with van der Waals surface area (Å²) in [5.41, 5.74) is 0. The van der Waals surface area contributed by atoms with Crippen LogP contribution in [0.5, 0.6) is 0 Å². The molecular formula is C16H26F2N2O4. The number of carboxylic acid groups (broad SMARTS) is 2. The molecule has 6 nitrogen and oxygen atoms in total.